The van der Waals surface area contributed by atoms with Crippen molar-refractivity contribution in [3.8, 4) is 11.3 Å². The maximum absolute atomic E-state index is 13.7. The first kappa shape index (κ1) is 33.5. The van der Waals surface area contributed by atoms with E-state index in [-0.39, 0.29) is 23.6 Å². The summed E-state index contributed by atoms with van der Waals surface area (Å²) in [7, 11) is 3.77. The number of H-pyrrole nitrogens is 1. The Hall–Kier alpha value is -5.00. The van der Waals surface area contributed by atoms with Gasteiger partial charge in [-0.25, -0.2) is 0 Å². The fraction of sp³-hybridized carbons (Fsp3) is 0.385. The maximum atomic E-state index is 13.7. The summed E-state index contributed by atoms with van der Waals surface area (Å²) in [6, 6.07) is 23.5. The minimum atomic E-state index is -0.538. The summed E-state index contributed by atoms with van der Waals surface area (Å²) in [5.74, 6) is -0.517. The Bertz CT molecular complexity index is 1870. The van der Waals surface area contributed by atoms with Crippen LogP contribution in [0.3, 0.4) is 0 Å². The maximum Gasteiger partial charge on any atom is 0.252 e. The van der Waals surface area contributed by atoms with Crippen LogP contribution in [0.1, 0.15) is 50.1 Å². The zero-order chi connectivity index (χ0) is 34.8. The highest BCUT2D eigenvalue weighted by atomic mass is 16.5. The standard InChI is InChI=1S/C39H44N6O5/c1-43(2)35(26-9-4-3-5-10-26)39(49)45-21-7-12-33(45)37(47)41-29-18-19-30-27(23-29)24-31(42-30)25-14-16-28(17-15-25)40-36(46)32-11-6-20-44(32)38(48)34-13-8-22-50-34/h3-5,9-10,14-19,23-24,32-35,42H,6-8,11-13,20-22H2,1-2H3,(H,40,46)(H,41,47)/t32-,33-,34+,35?/m0/s1. The van der Waals surface area contributed by atoms with Gasteiger partial charge < -0.3 is 30.2 Å². The summed E-state index contributed by atoms with van der Waals surface area (Å²) in [4.78, 5) is 62.1. The highest BCUT2D eigenvalue weighted by molar-refractivity contribution is 6.01. The Morgan fingerprint density at radius 3 is 2.12 bits per heavy atom. The van der Waals surface area contributed by atoms with Crippen molar-refractivity contribution in [2.75, 3.05) is 44.4 Å². The zero-order valence-electron chi connectivity index (χ0n) is 28.6. The van der Waals surface area contributed by atoms with Crippen LogP contribution in [0.4, 0.5) is 11.4 Å². The van der Waals surface area contributed by atoms with Crippen LogP contribution in [0.25, 0.3) is 22.2 Å². The Balaban J connectivity index is 0.991. The van der Waals surface area contributed by atoms with Crippen molar-refractivity contribution in [1.29, 1.82) is 0 Å². The number of carbonyl (C=O) groups is 4. The number of ether oxygens (including phenoxy) is 1. The number of hydrogen-bond acceptors (Lipinski definition) is 6. The second kappa shape index (κ2) is 14.5. The second-order valence-corrected chi connectivity index (χ2v) is 13.7. The number of anilines is 2. The number of likely N-dealkylation sites (N-methyl/N-ethyl adjacent to an activating group) is 1. The molecule has 4 atom stereocenters. The number of likely N-dealkylation sites (tertiary alicyclic amines) is 2. The Kier molecular flexibility index (Phi) is 9.69. The largest absolute Gasteiger partial charge is 0.368 e. The molecule has 1 aromatic heterocycles. The van der Waals surface area contributed by atoms with Crippen molar-refractivity contribution in [3.63, 3.8) is 0 Å². The number of benzene rings is 3. The number of aromatic nitrogens is 1. The molecule has 11 nitrogen and oxygen atoms in total. The first-order valence-corrected chi connectivity index (χ1v) is 17.6. The quantitative estimate of drug-likeness (QED) is 0.225. The van der Waals surface area contributed by atoms with E-state index in [1.165, 1.54) is 0 Å². The highest BCUT2D eigenvalue weighted by Gasteiger charge is 2.39. The number of fused-ring (bicyclic) bond motifs is 1. The van der Waals surface area contributed by atoms with Crippen LogP contribution < -0.4 is 10.6 Å². The van der Waals surface area contributed by atoms with Gasteiger partial charge in [0.25, 0.3) is 5.91 Å². The molecule has 11 heteroatoms. The molecule has 3 aromatic carbocycles. The van der Waals surface area contributed by atoms with E-state index in [2.05, 4.69) is 15.6 Å². The van der Waals surface area contributed by atoms with Gasteiger partial charge in [0.05, 0.1) is 0 Å². The monoisotopic (exact) mass is 676 g/mol. The molecule has 3 fully saturated rings. The highest BCUT2D eigenvalue weighted by Crippen LogP contribution is 2.30. The molecule has 0 radical (unpaired) electrons. The first-order valence-electron chi connectivity index (χ1n) is 17.6. The molecule has 3 N–H and O–H groups in total. The van der Waals surface area contributed by atoms with Crippen molar-refractivity contribution in [1.82, 2.24) is 19.7 Å². The molecule has 50 heavy (non-hydrogen) atoms. The predicted octanol–water partition coefficient (Wildman–Crippen LogP) is 5.18. The number of amides is 4. The Morgan fingerprint density at radius 2 is 1.44 bits per heavy atom. The van der Waals surface area contributed by atoms with Crippen molar-refractivity contribution in [3.05, 3.63) is 84.4 Å². The van der Waals surface area contributed by atoms with Gasteiger partial charge in [0, 0.05) is 47.7 Å². The number of nitrogens with one attached hydrogen (secondary N) is 3. The fourth-order valence-electron chi connectivity index (χ4n) is 7.57. The van der Waals surface area contributed by atoms with Crippen molar-refractivity contribution in [2.24, 2.45) is 0 Å². The lowest BCUT2D eigenvalue weighted by atomic mass is 10.0. The molecule has 7 rings (SSSR count). The van der Waals surface area contributed by atoms with Gasteiger partial charge in [-0.2, -0.15) is 0 Å². The van der Waals surface area contributed by atoms with Gasteiger partial charge in [0.1, 0.15) is 24.2 Å². The summed E-state index contributed by atoms with van der Waals surface area (Å²) in [6.45, 7) is 1.72. The average Bonchev–Trinajstić information content (AvgIpc) is 3.95. The minimum Gasteiger partial charge on any atom is -0.368 e. The van der Waals surface area contributed by atoms with Gasteiger partial charge >= 0.3 is 0 Å². The fourth-order valence-corrected chi connectivity index (χ4v) is 7.57. The third kappa shape index (κ3) is 6.88. The van der Waals surface area contributed by atoms with E-state index in [4.69, 9.17) is 4.74 Å². The van der Waals surface area contributed by atoms with Crippen LogP contribution in [-0.2, 0) is 23.9 Å². The summed E-state index contributed by atoms with van der Waals surface area (Å²) in [6.07, 6.45) is 3.98. The van der Waals surface area contributed by atoms with Crippen LogP contribution >= 0.6 is 0 Å². The van der Waals surface area contributed by atoms with Gasteiger partial charge in [0.15, 0.2) is 0 Å². The molecule has 3 saturated heterocycles. The molecular weight excluding hydrogens is 632 g/mol. The molecule has 4 aromatic rings. The second-order valence-electron chi connectivity index (χ2n) is 13.7. The molecule has 260 valence electrons. The molecule has 3 aliphatic rings. The minimum absolute atomic E-state index is 0.0693. The van der Waals surface area contributed by atoms with Crippen LogP contribution in [-0.4, -0.2) is 95.3 Å². The van der Waals surface area contributed by atoms with E-state index < -0.39 is 24.2 Å². The van der Waals surface area contributed by atoms with Crippen LogP contribution in [0.15, 0.2) is 78.9 Å². The molecule has 4 heterocycles. The topological polar surface area (TPSA) is 127 Å². The summed E-state index contributed by atoms with van der Waals surface area (Å²) >= 11 is 0. The van der Waals surface area contributed by atoms with Crippen molar-refractivity contribution >= 4 is 45.9 Å². The first-order chi connectivity index (χ1) is 24.3. The SMILES string of the molecule is CN(C)C(C(=O)N1CCC[C@H]1C(=O)Nc1ccc2[nH]c(-c3ccc(NC(=O)[C@@H]4CCCN4C(=O)[C@H]4CCCO4)cc3)cc2c1)c1ccccc1. The van der Waals surface area contributed by atoms with Gasteiger partial charge in [-0.1, -0.05) is 42.5 Å². The zero-order valence-corrected chi connectivity index (χ0v) is 28.6. The lowest BCUT2D eigenvalue weighted by Crippen LogP contribution is -2.47. The normalized spacial score (nSPS) is 21.1. The van der Waals surface area contributed by atoms with Gasteiger partial charge in [-0.3, -0.25) is 24.1 Å². The third-order valence-electron chi connectivity index (χ3n) is 10.1. The van der Waals surface area contributed by atoms with E-state index in [1.54, 1.807) is 9.80 Å². The van der Waals surface area contributed by atoms with Crippen LogP contribution in [0.2, 0.25) is 0 Å². The van der Waals surface area contributed by atoms with E-state index in [0.717, 1.165) is 47.0 Å². The Morgan fingerprint density at radius 1 is 0.780 bits per heavy atom. The van der Waals surface area contributed by atoms with Gasteiger partial charge in [0.2, 0.25) is 17.7 Å². The van der Waals surface area contributed by atoms with Crippen molar-refractivity contribution < 1.29 is 23.9 Å². The van der Waals surface area contributed by atoms with E-state index >= 15 is 0 Å². The van der Waals surface area contributed by atoms with Gasteiger partial charge in [-0.15, -0.1) is 0 Å². The molecule has 4 amide bonds. The molecule has 0 aliphatic carbocycles. The number of aromatic amines is 1. The number of nitrogens with zero attached hydrogens (tertiary/aromatic N) is 3. The smallest absolute Gasteiger partial charge is 0.252 e. The van der Waals surface area contributed by atoms with E-state index in [0.29, 0.717) is 50.3 Å². The molecule has 0 saturated carbocycles. The summed E-state index contributed by atoms with van der Waals surface area (Å²) in [5.41, 5.74) is 4.99. The van der Waals surface area contributed by atoms with Gasteiger partial charge in [-0.05, 0) is 100 Å². The van der Waals surface area contributed by atoms with E-state index in [9.17, 15) is 19.2 Å². The van der Waals surface area contributed by atoms with Crippen molar-refractivity contribution in [2.45, 2.75) is 62.8 Å². The van der Waals surface area contributed by atoms with Crippen LogP contribution in [0.5, 0.6) is 0 Å². The molecule has 0 spiro atoms. The summed E-state index contributed by atoms with van der Waals surface area (Å²) < 4.78 is 5.57. The number of hydrogen-bond donors (Lipinski definition) is 3. The summed E-state index contributed by atoms with van der Waals surface area (Å²) in [5, 5.41) is 6.99. The van der Waals surface area contributed by atoms with E-state index in [1.807, 2.05) is 97.9 Å². The average molecular weight is 677 g/mol. The molecule has 1 unspecified atom stereocenters. The predicted molar refractivity (Wildman–Crippen MR) is 192 cm³/mol. The number of carbonyl (C=O) groups excluding carboxylic acids is 4. The lowest BCUT2D eigenvalue weighted by molar-refractivity contribution is -0.144. The number of rotatable bonds is 9. The molecular formula is C39H44N6O5. The lowest BCUT2D eigenvalue weighted by Gasteiger charge is -2.31. The van der Waals surface area contributed by atoms with Crippen LogP contribution in [0, 0.1) is 0 Å². The Labute approximate surface area is 291 Å². The third-order valence-corrected chi connectivity index (χ3v) is 10.1. The molecule has 3 aliphatic heterocycles. The molecule has 0 bridgehead atoms.